The molecule has 122 valence electrons. The molecule has 7 heteroatoms. The minimum absolute atomic E-state index is 0.0127. The van der Waals surface area contributed by atoms with Crippen molar-refractivity contribution < 1.29 is 19.2 Å². The molecule has 1 aliphatic rings. The molecule has 1 aliphatic heterocycles. The molecule has 1 aromatic heterocycles. The maximum atomic E-state index is 12.8. The zero-order chi connectivity index (χ0) is 16.4. The fourth-order valence-corrected chi connectivity index (χ4v) is 2.63. The third-order valence-electron chi connectivity index (χ3n) is 3.92. The summed E-state index contributed by atoms with van der Waals surface area (Å²) < 4.78 is 10.6. The van der Waals surface area contributed by atoms with Crippen LogP contribution in [0.25, 0.3) is 0 Å². The van der Waals surface area contributed by atoms with E-state index in [0.29, 0.717) is 31.5 Å². The molecule has 0 unspecified atom stereocenters. The second-order valence-electron chi connectivity index (χ2n) is 5.47. The van der Waals surface area contributed by atoms with Crippen LogP contribution in [0.4, 0.5) is 0 Å². The third-order valence-corrected chi connectivity index (χ3v) is 3.92. The Balaban J connectivity index is 1.89. The van der Waals surface area contributed by atoms with Gasteiger partial charge in [0, 0.05) is 6.54 Å². The van der Waals surface area contributed by atoms with Gasteiger partial charge in [0.2, 0.25) is 0 Å². The molecule has 1 amide bonds. The molecule has 2 aromatic rings. The molecular weight excluding hydrogens is 298 g/mol. The van der Waals surface area contributed by atoms with Gasteiger partial charge in [-0.1, -0.05) is 18.1 Å². The second-order valence-corrected chi connectivity index (χ2v) is 5.47. The summed E-state index contributed by atoms with van der Waals surface area (Å²) in [7, 11) is 0. The minimum atomic E-state index is -0.442. The summed E-state index contributed by atoms with van der Waals surface area (Å²) in [6, 6.07) is 4.68. The Hall–Kier alpha value is -2.41. The predicted octanol–water partition coefficient (Wildman–Crippen LogP) is 1.86. The van der Waals surface area contributed by atoms with Crippen LogP contribution < -0.4 is 0 Å². The number of amides is 1. The summed E-state index contributed by atoms with van der Waals surface area (Å²) in [6.07, 6.45) is 0.795. The Kier molecular flexibility index (Phi) is 4.29. The summed E-state index contributed by atoms with van der Waals surface area (Å²) in [4.78, 5) is 18.6. The average Bonchev–Trinajstić information content (AvgIpc) is 3.00. The van der Waals surface area contributed by atoms with Crippen LogP contribution >= 0.6 is 0 Å². The molecule has 0 saturated carbocycles. The van der Waals surface area contributed by atoms with Crippen molar-refractivity contribution >= 4 is 5.91 Å². The Bertz CT molecular complexity index is 713. The average molecular weight is 317 g/mol. The summed E-state index contributed by atoms with van der Waals surface area (Å²) in [5, 5.41) is 13.9. The van der Waals surface area contributed by atoms with Crippen molar-refractivity contribution in [1.82, 2.24) is 15.0 Å². The van der Waals surface area contributed by atoms with Crippen LogP contribution in [0.15, 0.2) is 22.7 Å². The summed E-state index contributed by atoms with van der Waals surface area (Å²) in [5.74, 6) is 0.573. The number of aromatic nitrogens is 2. The van der Waals surface area contributed by atoms with Crippen molar-refractivity contribution in [3.05, 3.63) is 41.0 Å². The topological polar surface area (TPSA) is 88.7 Å². The lowest BCUT2D eigenvalue weighted by atomic mass is 10.1. The second kappa shape index (κ2) is 6.37. The number of nitrogens with zero attached hydrogens (tertiary/aromatic N) is 3. The SMILES string of the molecule is CCc1ccc(C(=O)N2CCOC[C@H]2c2nc(C)no2)c(O)c1. The lowest BCUT2D eigenvalue weighted by Crippen LogP contribution is -2.43. The van der Waals surface area contributed by atoms with Gasteiger partial charge in [-0.15, -0.1) is 0 Å². The van der Waals surface area contributed by atoms with Gasteiger partial charge in [-0.05, 0) is 31.0 Å². The van der Waals surface area contributed by atoms with E-state index < -0.39 is 6.04 Å². The summed E-state index contributed by atoms with van der Waals surface area (Å²) in [6.45, 7) is 4.84. The number of aryl methyl sites for hydroxylation is 2. The molecule has 1 saturated heterocycles. The van der Waals surface area contributed by atoms with Crippen LogP contribution in [0.1, 0.15) is 40.6 Å². The van der Waals surface area contributed by atoms with Gasteiger partial charge in [0.25, 0.3) is 11.8 Å². The highest BCUT2D eigenvalue weighted by Gasteiger charge is 2.34. The molecule has 0 spiro atoms. The largest absolute Gasteiger partial charge is 0.507 e. The standard InChI is InChI=1S/C16H19N3O4/c1-3-11-4-5-12(14(20)8-11)16(21)19-6-7-22-9-13(19)15-17-10(2)18-23-15/h4-5,8,13,20H,3,6-7,9H2,1-2H3/t13-/m0/s1. The van der Waals surface area contributed by atoms with E-state index in [0.717, 1.165) is 12.0 Å². The monoisotopic (exact) mass is 317 g/mol. The zero-order valence-corrected chi connectivity index (χ0v) is 13.2. The fraction of sp³-hybridized carbons (Fsp3) is 0.438. The quantitative estimate of drug-likeness (QED) is 0.929. The van der Waals surface area contributed by atoms with Crippen LogP contribution in [0.2, 0.25) is 0 Å². The van der Waals surface area contributed by atoms with Crippen molar-refractivity contribution in [2.75, 3.05) is 19.8 Å². The van der Waals surface area contributed by atoms with Crippen molar-refractivity contribution in [3.8, 4) is 5.75 Å². The molecule has 0 radical (unpaired) electrons. The first-order valence-corrected chi connectivity index (χ1v) is 7.61. The fourth-order valence-electron chi connectivity index (χ4n) is 2.63. The van der Waals surface area contributed by atoms with Crippen molar-refractivity contribution in [2.24, 2.45) is 0 Å². The number of phenols is 1. The normalized spacial score (nSPS) is 18.2. The molecular formula is C16H19N3O4. The molecule has 1 fully saturated rings. The first-order chi connectivity index (χ1) is 11.1. The summed E-state index contributed by atoms with van der Waals surface area (Å²) >= 11 is 0. The number of carbonyl (C=O) groups is 1. The molecule has 0 bridgehead atoms. The number of benzene rings is 1. The van der Waals surface area contributed by atoms with Gasteiger partial charge in [-0.25, -0.2) is 0 Å². The Labute approximate surface area is 133 Å². The van der Waals surface area contributed by atoms with E-state index in [1.54, 1.807) is 24.0 Å². The molecule has 1 aromatic carbocycles. The van der Waals surface area contributed by atoms with Crippen LogP contribution in [0.3, 0.4) is 0 Å². The van der Waals surface area contributed by atoms with E-state index in [2.05, 4.69) is 10.1 Å². The van der Waals surface area contributed by atoms with Crippen molar-refractivity contribution in [2.45, 2.75) is 26.3 Å². The number of aromatic hydroxyl groups is 1. The van der Waals surface area contributed by atoms with Crippen LogP contribution in [0.5, 0.6) is 5.75 Å². The van der Waals surface area contributed by atoms with E-state index >= 15 is 0 Å². The highest BCUT2D eigenvalue weighted by molar-refractivity contribution is 5.97. The van der Waals surface area contributed by atoms with Gasteiger partial charge in [0.05, 0.1) is 18.8 Å². The predicted molar refractivity (Wildman–Crippen MR) is 81.1 cm³/mol. The van der Waals surface area contributed by atoms with Crippen LogP contribution in [-0.4, -0.2) is 45.8 Å². The first-order valence-electron chi connectivity index (χ1n) is 7.61. The molecule has 23 heavy (non-hydrogen) atoms. The number of morpholine rings is 1. The van der Waals surface area contributed by atoms with Crippen LogP contribution in [-0.2, 0) is 11.2 Å². The molecule has 7 nitrogen and oxygen atoms in total. The highest BCUT2D eigenvalue weighted by Crippen LogP contribution is 2.28. The third kappa shape index (κ3) is 3.05. The van der Waals surface area contributed by atoms with Crippen LogP contribution in [0, 0.1) is 6.92 Å². The Morgan fingerprint density at radius 3 is 2.96 bits per heavy atom. The number of phenolic OH excluding ortho intramolecular Hbond substituents is 1. The Morgan fingerprint density at radius 2 is 2.30 bits per heavy atom. The Morgan fingerprint density at radius 1 is 1.48 bits per heavy atom. The van der Waals surface area contributed by atoms with E-state index in [1.165, 1.54) is 0 Å². The van der Waals surface area contributed by atoms with Crippen molar-refractivity contribution in [3.63, 3.8) is 0 Å². The van der Waals surface area contributed by atoms with Gasteiger partial charge in [0.15, 0.2) is 5.82 Å². The molecule has 1 N–H and O–H groups in total. The van der Waals surface area contributed by atoms with E-state index in [9.17, 15) is 9.90 Å². The van der Waals surface area contributed by atoms with Gasteiger partial charge >= 0.3 is 0 Å². The molecule has 0 aliphatic carbocycles. The maximum absolute atomic E-state index is 12.8. The lowest BCUT2D eigenvalue weighted by molar-refractivity contribution is -0.0120. The van der Waals surface area contributed by atoms with Gasteiger partial charge in [0.1, 0.15) is 11.8 Å². The van der Waals surface area contributed by atoms with Gasteiger partial charge < -0.3 is 19.3 Å². The first kappa shape index (κ1) is 15.5. The zero-order valence-electron chi connectivity index (χ0n) is 13.2. The lowest BCUT2D eigenvalue weighted by Gasteiger charge is -2.33. The maximum Gasteiger partial charge on any atom is 0.258 e. The number of hydrogen-bond acceptors (Lipinski definition) is 6. The number of ether oxygens (including phenoxy) is 1. The minimum Gasteiger partial charge on any atom is -0.507 e. The number of hydrogen-bond donors (Lipinski definition) is 1. The van der Waals surface area contributed by atoms with Gasteiger partial charge in [-0.3, -0.25) is 4.79 Å². The van der Waals surface area contributed by atoms with Crippen molar-refractivity contribution in [1.29, 1.82) is 0 Å². The molecule has 3 rings (SSSR count). The summed E-state index contributed by atoms with van der Waals surface area (Å²) in [5.41, 5.74) is 1.25. The molecule has 2 heterocycles. The number of rotatable bonds is 3. The number of carbonyl (C=O) groups excluding carboxylic acids is 1. The van der Waals surface area contributed by atoms with E-state index in [-0.39, 0.29) is 17.2 Å². The van der Waals surface area contributed by atoms with Gasteiger partial charge in [-0.2, -0.15) is 4.98 Å². The van der Waals surface area contributed by atoms with E-state index in [4.69, 9.17) is 9.26 Å². The van der Waals surface area contributed by atoms with E-state index in [1.807, 2.05) is 13.0 Å². The smallest absolute Gasteiger partial charge is 0.258 e. The molecule has 1 atom stereocenters. The highest BCUT2D eigenvalue weighted by atomic mass is 16.5.